The maximum atomic E-state index is 9.45. The SMILES string of the molecule is COCC(O)CCNCC1CCCN(C)C1. The molecule has 96 valence electrons. The number of ether oxygens (including phenoxy) is 1. The Bertz CT molecular complexity index is 178. The van der Waals surface area contributed by atoms with Gasteiger partial charge in [-0.3, -0.25) is 0 Å². The number of nitrogens with zero attached hydrogens (tertiary/aromatic N) is 1. The first-order valence-corrected chi connectivity index (χ1v) is 6.28. The first-order valence-electron chi connectivity index (χ1n) is 6.28. The second kappa shape index (κ2) is 8.01. The molecular weight excluding hydrogens is 204 g/mol. The predicted octanol–water partition coefficient (Wildman–Crippen LogP) is 0.315. The average molecular weight is 230 g/mol. The number of hydrogen-bond donors (Lipinski definition) is 2. The van der Waals surface area contributed by atoms with Crippen LogP contribution in [0.25, 0.3) is 0 Å². The third kappa shape index (κ3) is 5.80. The molecule has 0 aliphatic carbocycles. The molecule has 1 rings (SSSR count). The quantitative estimate of drug-likeness (QED) is 0.618. The monoisotopic (exact) mass is 230 g/mol. The fourth-order valence-corrected chi connectivity index (χ4v) is 2.29. The van der Waals surface area contributed by atoms with E-state index in [1.165, 1.54) is 25.9 Å². The van der Waals surface area contributed by atoms with Gasteiger partial charge in [-0.15, -0.1) is 0 Å². The van der Waals surface area contributed by atoms with Crippen LogP contribution in [0.2, 0.25) is 0 Å². The van der Waals surface area contributed by atoms with Crippen molar-refractivity contribution in [3.8, 4) is 0 Å². The van der Waals surface area contributed by atoms with Crippen LogP contribution in [0.1, 0.15) is 19.3 Å². The Labute approximate surface area is 99.0 Å². The van der Waals surface area contributed by atoms with Crippen molar-refractivity contribution < 1.29 is 9.84 Å². The number of piperidine rings is 1. The summed E-state index contributed by atoms with van der Waals surface area (Å²) in [6, 6.07) is 0. The zero-order valence-corrected chi connectivity index (χ0v) is 10.6. The van der Waals surface area contributed by atoms with Crippen LogP contribution in [-0.4, -0.2) is 63.1 Å². The highest BCUT2D eigenvalue weighted by Gasteiger charge is 2.16. The summed E-state index contributed by atoms with van der Waals surface area (Å²) in [7, 11) is 3.81. The number of aliphatic hydroxyl groups is 1. The van der Waals surface area contributed by atoms with Crippen molar-refractivity contribution in [3.63, 3.8) is 0 Å². The number of aliphatic hydroxyl groups excluding tert-OH is 1. The maximum absolute atomic E-state index is 9.45. The Hall–Kier alpha value is -0.160. The lowest BCUT2D eigenvalue weighted by atomic mass is 9.98. The van der Waals surface area contributed by atoms with Crippen molar-refractivity contribution in [2.45, 2.75) is 25.4 Å². The summed E-state index contributed by atoms with van der Waals surface area (Å²) in [5, 5.41) is 12.9. The van der Waals surface area contributed by atoms with Crippen LogP contribution in [0, 0.1) is 5.92 Å². The number of rotatable bonds is 7. The molecule has 4 heteroatoms. The van der Waals surface area contributed by atoms with Crippen LogP contribution in [0.15, 0.2) is 0 Å². The molecule has 16 heavy (non-hydrogen) atoms. The number of hydrogen-bond acceptors (Lipinski definition) is 4. The molecule has 0 aromatic carbocycles. The molecule has 0 bridgehead atoms. The molecule has 2 N–H and O–H groups in total. The lowest BCUT2D eigenvalue weighted by molar-refractivity contribution is 0.0591. The highest BCUT2D eigenvalue weighted by molar-refractivity contribution is 4.72. The van der Waals surface area contributed by atoms with E-state index in [-0.39, 0.29) is 6.10 Å². The topological polar surface area (TPSA) is 44.7 Å². The molecular formula is C12H26N2O2. The van der Waals surface area contributed by atoms with E-state index >= 15 is 0 Å². The summed E-state index contributed by atoms with van der Waals surface area (Å²) in [5.41, 5.74) is 0. The minimum Gasteiger partial charge on any atom is -0.391 e. The van der Waals surface area contributed by atoms with Crippen LogP contribution >= 0.6 is 0 Å². The van der Waals surface area contributed by atoms with E-state index in [9.17, 15) is 5.11 Å². The Morgan fingerprint density at radius 1 is 1.56 bits per heavy atom. The normalized spacial score (nSPS) is 24.6. The van der Waals surface area contributed by atoms with Crippen molar-refractivity contribution in [1.82, 2.24) is 10.2 Å². The van der Waals surface area contributed by atoms with E-state index in [4.69, 9.17) is 4.74 Å². The van der Waals surface area contributed by atoms with E-state index in [1.54, 1.807) is 7.11 Å². The summed E-state index contributed by atoms with van der Waals surface area (Å²) < 4.78 is 4.88. The molecule has 2 atom stereocenters. The summed E-state index contributed by atoms with van der Waals surface area (Å²) >= 11 is 0. The molecule has 4 nitrogen and oxygen atoms in total. The predicted molar refractivity (Wildman–Crippen MR) is 65.6 cm³/mol. The van der Waals surface area contributed by atoms with Crippen LogP contribution < -0.4 is 5.32 Å². The van der Waals surface area contributed by atoms with Gasteiger partial charge in [0.2, 0.25) is 0 Å². The van der Waals surface area contributed by atoms with Crippen molar-refractivity contribution >= 4 is 0 Å². The Morgan fingerprint density at radius 2 is 2.38 bits per heavy atom. The fourth-order valence-electron chi connectivity index (χ4n) is 2.29. The molecule has 1 aliphatic heterocycles. The van der Waals surface area contributed by atoms with Gasteiger partial charge in [-0.1, -0.05) is 0 Å². The van der Waals surface area contributed by atoms with Gasteiger partial charge in [0.05, 0.1) is 12.7 Å². The molecule has 2 unspecified atom stereocenters. The molecule has 1 aliphatic rings. The molecule has 0 saturated carbocycles. The summed E-state index contributed by atoms with van der Waals surface area (Å²) in [4.78, 5) is 2.40. The van der Waals surface area contributed by atoms with Crippen LogP contribution in [0.3, 0.4) is 0 Å². The zero-order chi connectivity index (χ0) is 11.8. The summed E-state index contributed by atoms with van der Waals surface area (Å²) in [6.45, 7) is 4.83. The largest absolute Gasteiger partial charge is 0.391 e. The van der Waals surface area contributed by atoms with Gasteiger partial charge in [-0.25, -0.2) is 0 Å². The van der Waals surface area contributed by atoms with E-state index < -0.39 is 0 Å². The van der Waals surface area contributed by atoms with Gasteiger partial charge < -0.3 is 20.1 Å². The van der Waals surface area contributed by atoms with E-state index in [0.29, 0.717) is 6.61 Å². The standard InChI is InChI=1S/C12H26N2O2/c1-14-7-3-4-11(9-14)8-13-6-5-12(15)10-16-2/h11-13,15H,3-10H2,1-2H3. The smallest absolute Gasteiger partial charge is 0.0785 e. The molecule has 0 spiro atoms. The fraction of sp³-hybridized carbons (Fsp3) is 1.00. The van der Waals surface area contributed by atoms with Crippen LogP contribution in [-0.2, 0) is 4.74 Å². The van der Waals surface area contributed by atoms with Crippen molar-refractivity contribution in [2.24, 2.45) is 5.92 Å². The van der Waals surface area contributed by atoms with E-state index in [2.05, 4.69) is 17.3 Å². The van der Waals surface area contributed by atoms with Crippen LogP contribution in [0.4, 0.5) is 0 Å². The molecule has 0 amide bonds. The molecule has 1 fully saturated rings. The Balaban J connectivity index is 1.98. The van der Waals surface area contributed by atoms with Gasteiger partial charge in [-0.05, 0) is 51.9 Å². The molecule has 1 heterocycles. The second-order valence-corrected chi connectivity index (χ2v) is 4.87. The molecule has 0 aromatic rings. The number of likely N-dealkylation sites (tertiary alicyclic amines) is 1. The van der Waals surface area contributed by atoms with Gasteiger partial charge in [-0.2, -0.15) is 0 Å². The first-order chi connectivity index (χ1) is 7.72. The van der Waals surface area contributed by atoms with Gasteiger partial charge in [0.1, 0.15) is 0 Å². The third-order valence-electron chi connectivity index (χ3n) is 3.17. The average Bonchev–Trinajstić information content (AvgIpc) is 2.25. The lowest BCUT2D eigenvalue weighted by Crippen LogP contribution is -2.38. The molecule has 1 saturated heterocycles. The van der Waals surface area contributed by atoms with Crippen molar-refractivity contribution in [3.05, 3.63) is 0 Å². The van der Waals surface area contributed by atoms with Crippen molar-refractivity contribution in [2.75, 3.05) is 46.9 Å². The van der Waals surface area contributed by atoms with Crippen LogP contribution in [0.5, 0.6) is 0 Å². The van der Waals surface area contributed by atoms with Gasteiger partial charge >= 0.3 is 0 Å². The summed E-state index contributed by atoms with van der Waals surface area (Å²) in [6.07, 6.45) is 3.09. The van der Waals surface area contributed by atoms with Crippen molar-refractivity contribution in [1.29, 1.82) is 0 Å². The highest BCUT2D eigenvalue weighted by atomic mass is 16.5. The number of nitrogens with one attached hydrogen (secondary N) is 1. The second-order valence-electron chi connectivity index (χ2n) is 4.87. The summed E-state index contributed by atoms with van der Waals surface area (Å²) in [5.74, 6) is 0.776. The number of methoxy groups -OCH3 is 1. The Kier molecular flexibility index (Phi) is 6.96. The minimum atomic E-state index is -0.327. The van der Waals surface area contributed by atoms with Gasteiger partial charge in [0.25, 0.3) is 0 Å². The van der Waals surface area contributed by atoms with E-state index in [1.807, 2.05) is 0 Å². The third-order valence-corrected chi connectivity index (χ3v) is 3.17. The maximum Gasteiger partial charge on any atom is 0.0785 e. The van der Waals surface area contributed by atoms with E-state index in [0.717, 1.165) is 25.4 Å². The van der Waals surface area contributed by atoms with Gasteiger partial charge in [0, 0.05) is 13.7 Å². The Morgan fingerprint density at radius 3 is 3.06 bits per heavy atom. The zero-order valence-electron chi connectivity index (χ0n) is 10.6. The molecule has 0 radical (unpaired) electrons. The highest BCUT2D eigenvalue weighted by Crippen LogP contribution is 2.13. The molecule has 0 aromatic heterocycles. The first kappa shape index (κ1) is 13.9. The minimum absolute atomic E-state index is 0.327. The lowest BCUT2D eigenvalue weighted by Gasteiger charge is -2.29. The van der Waals surface area contributed by atoms with Gasteiger partial charge in [0.15, 0.2) is 0 Å².